The van der Waals surface area contributed by atoms with Gasteiger partial charge in [0.15, 0.2) is 5.96 Å². The van der Waals surface area contributed by atoms with Gasteiger partial charge in [0.05, 0.1) is 6.54 Å². The molecular formula is C8H10N3. The minimum atomic E-state index is -0.0474. The molecule has 1 radical (unpaired) electrons. The van der Waals surface area contributed by atoms with Crippen molar-refractivity contribution in [2.45, 2.75) is 0 Å². The van der Waals surface area contributed by atoms with Crippen molar-refractivity contribution in [1.82, 2.24) is 5.32 Å². The molecule has 0 aliphatic carbocycles. The molecule has 11 heavy (non-hydrogen) atoms. The fraction of sp³-hybridized carbons (Fsp3) is 0. The van der Waals surface area contributed by atoms with E-state index in [2.05, 4.69) is 5.32 Å². The lowest BCUT2D eigenvalue weighted by Gasteiger charge is -2.01. The Balaban J connectivity index is 2.45. The van der Waals surface area contributed by atoms with E-state index in [9.17, 15) is 0 Å². The number of benzene rings is 1. The van der Waals surface area contributed by atoms with Crippen molar-refractivity contribution < 1.29 is 0 Å². The van der Waals surface area contributed by atoms with Crippen molar-refractivity contribution in [2.24, 2.45) is 5.73 Å². The smallest absolute Gasteiger partial charge is 0.186 e. The van der Waals surface area contributed by atoms with E-state index in [1.54, 1.807) is 6.54 Å². The average Bonchev–Trinajstić information content (AvgIpc) is 2.03. The van der Waals surface area contributed by atoms with Crippen LogP contribution in [0.1, 0.15) is 5.56 Å². The van der Waals surface area contributed by atoms with Crippen molar-refractivity contribution >= 4 is 5.96 Å². The Morgan fingerprint density at radius 2 is 2.00 bits per heavy atom. The molecule has 0 aliphatic rings. The van der Waals surface area contributed by atoms with Crippen molar-refractivity contribution in [3.63, 3.8) is 0 Å². The van der Waals surface area contributed by atoms with E-state index in [4.69, 9.17) is 11.1 Å². The molecule has 0 saturated carbocycles. The van der Waals surface area contributed by atoms with Gasteiger partial charge in [0.25, 0.3) is 0 Å². The highest BCUT2D eigenvalue weighted by molar-refractivity contribution is 5.75. The molecule has 0 bridgehead atoms. The van der Waals surface area contributed by atoms with Crippen LogP contribution in [0.15, 0.2) is 30.3 Å². The van der Waals surface area contributed by atoms with Crippen LogP contribution in [0.4, 0.5) is 0 Å². The number of rotatable bonds is 2. The lowest BCUT2D eigenvalue weighted by Crippen LogP contribution is -2.28. The van der Waals surface area contributed by atoms with Crippen LogP contribution < -0.4 is 11.1 Å². The molecule has 0 heterocycles. The summed E-state index contributed by atoms with van der Waals surface area (Å²) in [4.78, 5) is 0. The standard InChI is InChI=1S/C8H10N3/c9-8(10)11-6-7-4-2-1-3-5-7/h1-6H,(H4,9,10,11). The number of hydrogen-bond acceptors (Lipinski definition) is 1. The summed E-state index contributed by atoms with van der Waals surface area (Å²) in [5, 5.41) is 9.48. The first-order valence-electron chi connectivity index (χ1n) is 3.28. The van der Waals surface area contributed by atoms with Crippen LogP contribution in [0.3, 0.4) is 0 Å². The van der Waals surface area contributed by atoms with Gasteiger partial charge in [-0.2, -0.15) is 0 Å². The second-order valence-electron chi connectivity index (χ2n) is 2.11. The van der Waals surface area contributed by atoms with Gasteiger partial charge in [0.1, 0.15) is 0 Å². The number of nitrogens with two attached hydrogens (primary N) is 1. The first kappa shape index (κ1) is 7.60. The van der Waals surface area contributed by atoms with Crippen LogP contribution in [0.25, 0.3) is 0 Å². The lowest BCUT2D eigenvalue weighted by atomic mass is 10.2. The Kier molecular flexibility index (Phi) is 2.49. The van der Waals surface area contributed by atoms with Gasteiger partial charge in [0.2, 0.25) is 0 Å². The Morgan fingerprint density at radius 1 is 1.36 bits per heavy atom. The molecule has 57 valence electrons. The SMILES string of the molecule is N=C(N)N[CH]c1ccccc1. The zero-order chi connectivity index (χ0) is 8.10. The summed E-state index contributed by atoms with van der Waals surface area (Å²) in [6.07, 6.45) is 0. The minimum Gasteiger partial charge on any atom is -0.370 e. The zero-order valence-electron chi connectivity index (χ0n) is 6.04. The highest BCUT2D eigenvalue weighted by Crippen LogP contribution is 1.97. The highest BCUT2D eigenvalue weighted by Gasteiger charge is 1.90. The van der Waals surface area contributed by atoms with E-state index < -0.39 is 0 Å². The predicted molar refractivity (Wildman–Crippen MR) is 44.9 cm³/mol. The van der Waals surface area contributed by atoms with Crippen molar-refractivity contribution in [3.05, 3.63) is 42.4 Å². The zero-order valence-corrected chi connectivity index (χ0v) is 6.04. The summed E-state index contributed by atoms with van der Waals surface area (Å²) in [5.74, 6) is -0.0474. The lowest BCUT2D eigenvalue weighted by molar-refractivity contribution is 1.10. The van der Waals surface area contributed by atoms with Crippen LogP contribution in [-0.4, -0.2) is 5.96 Å². The van der Waals surface area contributed by atoms with Gasteiger partial charge in [0, 0.05) is 0 Å². The van der Waals surface area contributed by atoms with E-state index in [1.807, 2.05) is 30.3 Å². The molecule has 1 aromatic rings. The van der Waals surface area contributed by atoms with Crippen LogP contribution in [0.2, 0.25) is 0 Å². The van der Waals surface area contributed by atoms with E-state index >= 15 is 0 Å². The van der Waals surface area contributed by atoms with Crippen molar-refractivity contribution in [1.29, 1.82) is 5.41 Å². The van der Waals surface area contributed by atoms with Gasteiger partial charge < -0.3 is 11.1 Å². The number of hydrogen-bond donors (Lipinski definition) is 3. The van der Waals surface area contributed by atoms with Gasteiger partial charge in [-0.25, -0.2) is 0 Å². The second kappa shape index (κ2) is 3.61. The molecule has 4 N–H and O–H groups in total. The molecule has 0 amide bonds. The van der Waals surface area contributed by atoms with Gasteiger partial charge in [-0.1, -0.05) is 30.3 Å². The maximum absolute atomic E-state index is 6.88. The molecular weight excluding hydrogens is 138 g/mol. The predicted octanol–water partition coefficient (Wildman–Crippen LogP) is 0.680. The summed E-state index contributed by atoms with van der Waals surface area (Å²) in [5.41, 5.74) is 6.08. The molecule has 0 atom stereocenters. The monoisotopic (exact) mass is 148 g/mol. The van der Waals surface area contributed by atoms with Gasteiger partial charge in [-0.05, 0) is 5.56 Å². The second-order valence-corrected chi connectivity index (χ2v) is 2.11. The molecule has 0 spiro atoms. The fourth-order valence-electron chi connectivity index (χ4n) is 0.710. The normalized spacial score (nSPS) is 9.09. The minimum absolute atomic E-state index is 0.0474. The third-order valence-corrected chi connectivity index (χ3v) is 1.19. The van der Waals surface area contributed by atoms with Crippen LogP contribution in [0.5, 0.6) is 0 Å². The maximum atomic E-state index is 6.88. The molecule has 0 aliphatic heterocycles. The Labute approximate surface area is 65.7 Å². The Bertz CT molecular complexity index is 230. The Hall–Kier alpha value is -1.51. The van der Waals surface area contributed by atoms with Gasteiger partial charge in [-0.15, -0.1) is 0 Å². The van der Waals surface area contributed by atoms with E-state index in [-0.39, 0.29) is 5.96 Å². The van der Waals surface area contributed by atoms with Crippen LogP contribution in [0, 0.1) is 12.0 Å². The summed E-state index contributed by atoms with van der Waals surface area (Å²) in [7, 11) is 0. The molecule has 0 unspecified atom stereocenters. The first-order valence-corrected chi connectivity index (χ1v) is 3.28. The molecule has 1 rings (SSSR count). The van der Waals surface area contributed by atoms with Crippen molar-refractivity contribution in [2.75, 3.05) is 0 Å². The first-order chi connectivity index (χ1) is 5.29. The summed E-state index contributed by atoms with van der Waals surface area (Å²) < 4.78 is 0. The summed E-state index contributed by atoms with van der Waals surface area (Å²) in [6, 6.07) is 9.64. The van der Waals surface area contributed by atoms with E-state index in [0.717, 1.165) is 5.56 Å². The number of nitrogens with one attached hydrogen (secondary N) is 2. The third kappa shape index (κ3) is 2.71. The maximum Gasteiger partial charge on any atom is 0.186 e. The quantitative estimate of drug-likeness (QED) is 0.426. The fourth-order valence-corrected chi connectivity index (χ4v) is 0.710. The number of guanidine groups is 1. The third-order valence-electron chi connectivity index (χ3n) is 1.19. The molecule has 3 heteroatoms. The summed E-state index contributed by atoms with van der Waals surface area (Å²) in [6.45, 7) is 1.68. The van der Waals surface area contributed by atoms with E-state index in [0.29, 0.717) is 0 Å². The van der Waals surface area contributed by atoms with Gasteiger partial charge >= 0.3 is 0 Å². The van der Waals surface area contributed by atoms with E-state index in [1.165, 1.54) is 0 Å². The van der Waals surface area contributed by atoms with Gasteiger partial charge in [-0.3, -0.25) is 5.41 Å². The molecule has 0 fully saturated rings. The van der Waals surface area contributed by atoms with Crippen molar-refractivity contribution in [3.8, 4) is 0 Å². The molecule has 1 aromatic carbocycles. The molecule has 0 saturated heterocycles. The average molecular weight is 148 g/mol. The van der Waals surface area contributed by atoms with Crippen LogP contribution >= 0.6 is 0 Å². The highest BCUT2D eigenvalue weighted by atomic mass is 15.0. The van der Waals surface area contributed by atoms with Crippen LogP contribution in [-0.2, 0) is 0 Å². The topological polar surface area (TPSA) is 61.9 Å². The Morgan fingerprint density at radius 3 is 2.55 bits per heavy atom. The largest absolute Gasteiger partial charge is 0.370 e. The summed E-state index contributed by atoms with van der Waals surface area (Å²) >= 11 is 0. The molecule has 0 aromatic heterocycles. The molecule has 3 nitrogen and oxygen atoms in total.